The minimum atomic E-state index is -4.31. The molecule has 0 aromatic rings. The number of piperidine rings is 1. The van der Waals surface area contributed by atoms with Gasteiger partial charge < -0.3 is 4.90 Å². The van der Waals surface area contributed by atoms with Gasteiger partial charge in [-0.2, -0.15) is 18.7 Å². The summed E-state index contributed by atoms with van der Waals surface area (Å²) in [6, 6.07) is -0.113. The van der Waals surface area contributed by atoms with Crippen molar-refractivity contribution in [1.29, 1.82) is 0 Å². The summed E-state index contributed by atoms with van der Waals surface area (Å²) in [6.45, 7) is 1.30. The van der Waals surface area contributed by atoms with Crippen LogP contribution in [0.15, 0.2) is 0 Å². The van der Waals surface area contributed by atoms with Crippen LogP contribution in [0.2, 0.25) is 0 Å². The molecule has 1 N–H and O–H groups in total. The molecule has 0 aromatic heterocycles. The number of nitrogens with one attached hydrogen (secondary N) is 1. The van der Waals surface area contributed by atoms with Crippen LogP contribution < -0.4 is 5.48 Å². The van der Waals surface area contributed by atoms with E-state index in [1.165, 1.54) is 6.92 Å². The van der Waals surface area contributed by atoms with Crippen molar-refractivity contribution in [2.45, 2.75) is 32.0 Å². The third-order valence-corrected chi connectivity index (χ3v) is 2.43. The average Bonchev–Trinajstić information content (AvgIpc) is 2.16. The molecule has 1 aliphatic heterocycles. The van der Waals surface area contributed by atoms with E-state index in [4.69, 9.17) is 0 Å². The second-order valence-corrected chi connectivity index (χ2v) is 3.80. The number of halogens is 3. The van der Waals surface area contributed by atoms with Crippen molar-refractivity contribution >= 4 is 5.91 Å². The Bertz CT molecular complexity index is 237. The van der Waals surface area contributed by atoms with E-state index < -0.39 is 12.8 Å². The van der Waals surface area contributed by atoms with Crippen LogP contribution in [0, 0.1) is 0 Å². The molecule has 4 nitrogen and oxygen atoms in total. The summed E-state index contributed by atoms with van der Waals surface area (Å²) in [4.78, 5) is 17.0. The first-order valence-corrected chi connectivity index (χ1v) is 5.08. The Morgan fingerprint density at radius 2 is 2.00 bits per heavy atom. The number of amides is 1. The van der Waals surface area contributed by atoms with Crippen LogP contribution in [0.5, 0.6) is 0 Å². The van der Waals surface area contributed by atoms with E-state index in [-0.39, 0.29) is 11.9 Å². The number of rotatable bonds is 3. The largest absolute Gasteiger partial charge is 0.413 e. The fraction of sp³-hybridized carbons (Fsp3) is 0.889. The number of likely N-dealkylation sites (tertiary alicyclic amines) is 1. The van der Waals surface area contributed by atoms with Crippen molar-refractivity contribution in [2.75, 3.05) is 19.7 Å². The molecule has 0 saturated carbocycles. The summed E-state index contributed by atoms with van der Waals surface area (Å²) in [6.07, 6.45) is -3.10. The van der Waals surface area contributed by atoms with E-state index in [2.05, 4.69) is 10.3 Å². The lowest BCUT2D eigenvalue weighted by Crippen LogP contribution is -2.44. The van der Waals surface area contributed by atoms with Gasteiger partial charge in [0.1, 0.15) is 0 Å². The smallest absolute Gasteiger partial charge is 0.343 e. The van der Waals surface area contributed by atoms with Crippen molar-refractivity contribution in [3.63, 3.8) is 0 Å². The lowest BCUT2D eigenvalue weighted by molar-refractivity contribution is -0.194. The first-order valence-electron chi connectivity index (χ1n) is 5.08. The molecule has 16 heavy (non-hydrogen) atoms. The molecule has 0 radical (unpaired) electrons. The van der Waals surface area contributed by atoms with Crippen LogP contribution in [0.25, 0.3) is 0 Å². The number of carbonyl (C=O) groups excluding carboxylic acids is 1. The van der Waals surface area contributed by atoms with Crippen molar-refractivity contribution in [1.82, 2.24) is 10.4 Å². The molecule has 1 rings (SSSR count). The molecule has 1 aliphatic rings. The maximum absolute atomic E-state index is 11.8. The quantitative estimate of drug-likeness (QED) is 0.750. The van der Waals surface area contributed by atoms with Gasteiger partial charge in [-0.1, -0.05) is 0 Å². The fourth-order valence-corrected chi connectivity index (χ4v) is 1.55. The summed E-state index contributed by atoms with van der Waals surface area (Å²) in [5.41, 5.74) is 2.38. The Morgan fingerprint density at radius 1 is 1.44 bits per heavy atom. The number of hydrogen-bond donors (Lipinski definition) is 1. The normalized spacial score (nSPS) is 18.9. The molecule has 0 aromatic carbocycles. The Morgan fingerprint density at radius 3 is 2.44 bits per heavy atom. The van der Waals surface area contributed by atoms with Gasteiger partial charge >= 0.3 is 6.18 Å². The van der Waals surface area contributed by atoms with Gasteiger partial charge in [-0.25, -0.2) is 0 Å². The molecule has 94 valence electrons. The monoisotopic (exact) mass is 240 g/mol. The molecule has 0 bridgehead atoms. The van der Waals surface area contributed by atoms with Crippen LogP contribution in [-0.2, 0) is 9.63 Å². The standard InChI is InChI=1S/C9H15F3N2O2/c1-7(15)14-4-2-8(3-5-14)13-16-6-9(10,11)12/h8,13H,2-6H2,1H3. The van der Waals surface area contributed by atoms with E-state index in [1.807, 2.05) is 0 Å². The van der Waals surface area contributed by atoms with Crippen LogP contribution >= 0.6 is 0 Å². The molecule has 7 heteroatoms. The lowest BCUT2D eigenvalue weighted by atomic mass is 10.1. The number of hydrogen-bond acceptors (Lipinski definition) is 3. The third-order valence-electron chi connectivity index (χ3n) is 2.43. The van der Waals surface area contributed by atoms with Gasteiger partial charge in [0, 0.05) is 26.1 Å². The van der Waals surface area contributed by atoms with Crippen LogP contribution in [0.4, 0.5) is 13.2 Å². The van der Waals surface area contributed by atoms with Crippen molar-refractivity contribution in [3.05, 3.63) is 0 Å². The summed E-state index contributed by atoms with van der Waals surface area (Å²) < 4.78 is 35.3. The number of alkyl halides is 3. The van der Waals surface area contributed by atoms with Gasteiger partial charge in [0.2, 0.25) is 5.91 Å². The highest BCUT2D eigenvalue weighted by atomic mass is 19.4. The first kappa shape index (κ1) is 13.2. The highest BCUT2D eigenvalue weighted by Gasteiger charge is 2.29. The molecule has 1 saturated heterocycles. The van der Waals surface area contributed by atoms with E-state index in [0.29, 0.717) is 25.9 Å². The minimum absolute atomic E-state index is 0.00494. The van der Waals surface area contributed by atoms with Gasteiger partial charge in [0.05, 0.1) is 0 Å². The molecular weight excluding hydrogens is 225 g/mol. The highest BCUT2D eigenvalue weighted by Crippen LogP contribution is 2.15. The molecule has 0 unspecified atom stereocenters. The Balaban J connectivity index is 2.15. The molecule has 0 spiro atoms. The second kappa shape index (κ2) is 5.49. The number of carbonyl (C=O) groups is 1. The molecule has 1 fully saturated rings. The van der Waals surface area contributed by atoms with Crippen molar-refractivity contribution in [2.24, 2.45) is 0 Å². The summed E-state index contributed by atoms with van der Waals surface area (Å²) >= 11 is 0. The minimum Gasteiger partial charge on any atom is -0.343 e. The van der Waals surface area contributed by atoms with Gasteiger partial charge in [-0.05, 0) is 12.8 Å². The summed E-state index contributed by atoms with van der Waals surface area (Å²) in [5.74, 6) is -0.00494. The maximum atomic E-state index is 11.8. The van der Waals surface area contributed by atoms with Gasteiger partial charge in [0.15, 0.2) is 6.61 Å². The molecule has 1 amide bonds. The number of hydroxylamine groups is 1. The van der Waals surface area contributed by atoms with E-state index in [1.54, 1.807) is 4.90 Å². The zero-order valence-corrected chi connectivity index (χ0v) is 9.01. The van der Waals surface area contributed by atoms with Gasteiger partial charge in [-0.3, -0.25) is 9.63 Å². The number of nitrogens with zero attached hydrogens (tertiary/aromatic N) is 1. The molecule has 1 heterocycles. The second-order valence-electron chi connectivity index (χ2n) is 3.80. The van der Waals surface area contributed by atoms with E-state index in [9.17, 15) is 18.0 Å². The van der Waals surface area contributed by atoms with Crippen LogP contribution in [-0.4, -0.2) is 42.7 Å². The topological polar surface area (TPSA) is 41.6 Å². The van der Waals surface area contributed by atoms with Crippen molar-refractivity contribution < 1.29 is 22.8 Å². The Kier molecular flexibility index (Phi) is 4.55. The molecule has 0 aliphatic carbocycles. The predicted octanol–water partition coefficient (Wildman–Crippen LogP) is 1.08. The SMILES string of the molecule is CC(=O)N1CCC(NOCC(F)(F)F)CC1. The first-order chi connectivity index (χ1) is 7.38. The third kappa shape index (κ3) is 4.80. The summed E-state index contributed by atoms with van der Waals surface area (Å²) in [5, 5.41) is 0. The Labute approximate surface area is 91.7 Å². The molecule has 0 atom stereocenters. The lowest BCUT2D eigenvalue weighted by Gasteiger charge is -2.31. The van der Waals surface area contributed by atoms with Crippen LogP contribution in [0.3, 0.4) is 0 Å². The maximum Gasteiger partial charge on any atom is 0.413 e. The zero-order valence-electron chi connectivity index (χ0n) is 9.01. The molecular formula is C9H15F3N2O2. The van der Waals surface area contributed by atoms with Gasteiger partial charge in [0.25, 0.3) is 0 Å². The summed E-state index contributed by atoms with van der Waals surface area (Å²) in [7, 11) is 0. The average molecular weight is 240 g/mol. The Hall–Kier alpha value is -0.820. The van der Waals surface area contributed by atoms with Gasteiger partial charge in [-0.15, -0.1) is 0 Å². The van der Waals surface area contributed by atoms with E-state index >= 15 is 0 Å². The predicted molar refractivity (Wildman–Crippen MR) is 50.4 cm³/mol. The van der Waals surface area contributed by atoms with Crippen LogP contribution in [0.1, 0.15) is 19.8 Å². The van der Waals surface area contributed by atoms with Crippen molar-refractivity contribution in [3.8, 4) is 0 Å². The highest BCUT2D eigenvalue weighted by molar-refractivity contribution is 5.73. The van der Waals surface area contributed by atoms with E-state index in [0.717, 1.165) is 0 Å². The fourth-order valence-electron chi connectivity index (χ4n) is 1.55. The zero-order chi connectivity index (χ0) is 12.2.